The van der Waals surface area contributed by atoms with E-state index in [0.29, 0.717) is 10.7 Å². The molecule has 0 unspecified atom stereocenters. The van der Waals surface area contributed by atoms with Crippen molar-refractivity contribution in [2.45, 2.75) is 0 Å². The summed E-state index contributed by atoms with van der Waals surface area (Å²) >= 11 is 5.52. The van der Waals surface area contributed by atoms with Crippen LogP contribution in [0.15, 0.2) is 17.3 Å². The topological polar surface area (TPSA) is 71.5 Å². The lowest BCUT2D eigenvalue weighted by Gasteiger charge is -1.96. The fourth-order valence-corrected chi connectivity index (χ4v) is 0.786. The fraction of sp³-hybridized carbons (Fsp3) is 0. The minimum Gasteiger partial charge on any atom is -0.411 e. The first-order chi connectivity index (χ1) is 5.24. The predicted octanol–water partition coefficient (Wildman–Crippen LogP) is 1.13. The second kappa shape index (κ2) is 3.21. The summed E-state index contributed by atoms with van der Waals surface area (Å²) < 4.78 is 0. The van der Waals surface area contributed by atoms with Gasteiger partial charge < -0.3 is 10.9 Å². The van der Waals surface area contributed by atoms with E-state index in [4.69, 9.17) is 22.5 Å². The van der Waals surface area contributed by atoms with Gasteiger partial charge in [0.15, 0.2) is 0 Å². The lowest BCUT2D eigenvalue weighted by atomic mass is 10.3. The third kappa shape index (κ3) is 1.81. The van der Waals surface area contributed by atoms with Crippen molar-refractivity contribution in [3.05, 3.63) is 22.8 Å². The Morgan fingerprint density at radius 3 is 2.91 bits per heavy atom. The molecule has 0 saturated carbocycles. The summed E-state index contributed by atoms with van der Waals surface area (Å²) in [6.07, 6.45) is 1.19. The van der Waals surface area contributed by atoms with Crippen LogP contribution in [0.2, 0.25) is 5.15 Å². The van der Waals surface area contributed by atoms with Crippen molar-refractivity contribution in [2.75, 3.05) is 5.73 Å². The zero-order valence-corrected chi connectivity index (χ0v) is 6.28. The number of hydrogen-bond donors (Lipinski definition) is 2. The molecule has 0 amide bonds. The van der Waals surface area contributed by atoms with Crippen LogP contribution in [0.1, 0.15) is 5.56 Å². The quantitative estimate of drug-likeness (QED) is 0.288. The summed E-state index contributed by atoms with van der Waals surface area (Å²) in [6.45, 7) is 0. The van der Waals surface area contributed by atoms with Crippen molar-refractivity contribution in [3.63, 3.8) is 0 Å². The van der Waals surface area contributed by atoms with Crippen LogP contribution in [0.5, 0.6) is 0 Å². The minimum atomic E-state index is 0.246. The van der Waals surface area contributed by atoms with E-state index >= 15 is 0 Å². The van der Waals surface area contributed by atoms with Crippen LogP contribution in [0.4, 0.5) is 5.82 Å². The molecule has 5 heteroatoms. The van der Waals surface area contributed by atoms with Crippen molar-refractivity contribution in [1.82, 2.24) is 4.98 Å². The van der Waals surface area contributed by atoms with E-state index in [-0.39, 0.29) is 5.82 Å². The van der Waals surface area contributed by atoms with Gasteiger partial charge >= 0.3 is 0 Å². The number of aromatic nitrogens is 1. The van der Waals surface area contributed by atoms with Gasteiger partial charge in [0.2, 0.25) is 0 Å². The average Bonchev–Trinajstić information content (AvgIpc) is 1.95. The lowest BCUT2D eigenvalue weighted by Crippen LogP contribution is -1.96. The van der Waals surface area contributed by atoms with Crippen LogP contribution in [0, 0.1) is 0 Å². The molecule has 1 aromatic rings. The number of oxime groups is 1. The first-order valence-electron chi connectivity index (χ1n) is 2.83. The lowest BCUT2D eigenvalue weighted by molar-refractivity contribution is 0.322. The Kier molecular flexibility index (Phi) is 2.28. The van der Waals surface area contributed by atoms with Gasteiger partial charge in [0.25, 0.3) is 0 Å². The Morgan fingerprint density at radius 1 is 1.64 bits per heavy atom. The third-order valence-electron chi connectivity index (χ3n) is 1.12. The maximum Gasteiger partial charge on any atom is 0.134 e. The zero-order chi connectivity index (χ0) is 8.27. The van der Waals surface area contributed by atoms with Crippen molar-refractivity contribution in [3.8, 4) is 0 Å². The Hall–Kier alpha value is -1.29. The number of nitrogens with zero attached hydrogens (tertiary/aromatic N) is 2. The molecule has 0 fully saturated rings. The van der Waals surface area contributed by atoms with Gasteiger partial charge in [-0.3, -0.25) is 0 Å². The molecule has 11 heavy (non-hydrogen) atoms. The summed E-state index contributed by atoms with van der Waals surface area (Å²) in [5.41, 5.74) is 5.95. The maximum absolute atomic E-state index is 8.17. The molecule has 1 rings (SSSR count). The molecule has 0 aliphatic carbocycles. The summed E-state index contributed by atoms with van der Waals surface area (Å²) in [4.78, 5) is 3.73. The Balaban J connectivity index is 3.09. The highest BCUT2D eigenvalue weighted by molar-refractivity contribution is 6.29. The van der Waals surface area contributed by atoms with Crippen LogP contribution < -0.4 is 5.73 Å². The highest BCUT2D eigenvalue weighted by atomic mass is 35.5. The standard InChI is InChI=1S/C6H6ClN3O/c7-5-2-1-4(3-9-11)6(8)10-5/h1-3,11H,(H2,8,10)/b9-3+. The molecule has 1 aromatic heterocycles. The number of nitrogen functional groups attached to an aromatic ring is 1. The van der Waals surface area contributed by atoms with Crippen LogP contribution in [-0.4, -0.2) is 16.4 Å². The van der Waals surface area contributed by atoms with E-state index in [1.807, 2.05) is 0 Å². The highest BCUT2D eigenvalue weighted by Gasteiger charge is 1.97. The number of pyridine rings is 1. The maximum atomic E-state index is 8.17. The molecule has 0 aromatic carbocycles. The number of anilines is 1. The van der Waals surface area contributed by atoms with Crippen molar-refractivity contribution in [2.24, 2.45) is 5.16 Å². The Bertz CT molecular complexity index is 287. The van der Waals surface area contributed by atoms with Crippen molar-refractivity contribution in [1.29, 1.82) is 0 Å². The first-order valence-corrected chi connectivity index (χ1v) is 3.21. The molecular formula is C6H6ClN3O. The van der Waals surface area contributed by atoms with Gasteiger partial charge in [0.05, 0.1) is 6.21 Å². The normalized spacial score (nSPS) is 10.6. The van der Waals surface area contributed by atoms with E-state index < -0.39 is 0 Å². The monoisotopic (exact) mass is 171 g/mol. The molecule has 3 N–H and O–H groups in total. The molecule has 0 aliphatic rings. The zero-order valence-electron chi connectivity index (χ0n) is 5.53. The molecule has 0 bridgehead atoms. The molecule has 4 nitrogen and oxygen atoms in total. The van der Waals surface area contributed by atoms with Gasteiger partial charge in [-0.2, -0.15) is 0 Å². The second-order valence-electron chi connectivity index (χ2n) is 1.85. The first kappa shape index (κ1) is 7.81. The third-order valence-corrected chi connectivity index (χ3v) is 1.33. The molecular weight excluding hydrogens is 166 g/mol. The molecule has 0 radical (unpaired) electrons. The van der Waals surface area contributed by atoms with Crippen molar-refractivity contribution < 1.29 is 5.21 Å². The summed E-state index contributed by atoms with van der Waals surface area (Å²) in [7, 11) is 0. The summed E-state index contributed by atoms with van der Waals surface area (Å²) in [5.74, 6) is 0.246. The fourth-order valence-electron chi connectivity index (χ4n) is 0.632. The van der Waals surface area contributed by atoms with Crippen LogP contribution in [-0.2, 0) is 0 Å². The van der Waals surface area contributed by atoms with E-state index in [2.05, 4.69) is 10.1 Å². The highest BCUT2D eigenvalue weighted by Crippen LogP contribution is 2.10. The average molecular weight is 172 g/mol. The molecule has 58 valence electrons. The molecule has 0 atom stereocenters. The van der Waals surface area contributed by atoms with E-state index in [0.717, 1.165) is 0 Å². The largest absolute Gasteiger partial charge is 0.411 e. The Morgan fingerprint density at radius 2 is 2.36 bits per heavy atom. The Labute approximate surface area is 68.3 Å². The van der Waals surface area contributed by atoms with E-state index in [1.165, 1.54) is 6.21 Å². The summed E-state index contributed by atoms with van der Waals surface area (Å²) in [5, 5.41) is 11.3. The van der Waals surface area contributed by atoms with Crippen molar-refractivity contribution >= 4 is 23.6 Å². The van der Waals surface area contributed by atoms with Gasteiger partial charge in [-0.1, -0.05) is 16.8 Å². The number of halogens is 1. The second-order valence-corrected chi connectivity index (χ2v) is 2.24. The molecule has 0 aliphatic heterocycles. The summed E-state index contributed by atoms with van der Waals surface area (Å²) in [6, 6.07) is 3.18. The predicted molar refractivity (Wildman–Crippen MR) is 43.0 cm³/mol. The van der Waals surface area contributed by atoms with Gasteiger partial charge in [-0.25, -0.2) is 4.98 Å². The number of rotatable bonds is 1. The van der Waals surface area contributed by atoms with Crippen LogP contribution >= 0.6 is 11.6 Å². The molecule has 0 saturated heterocycles. The molecule has 0 spiro atoms. The number of hydrogen-bond acceptors (Lipinski definition) is 4. The van der Waals surface area contributed by atoms with E-state index in [1.54, 1.807) is 12.1 Å². The van der Waals surface area contributed by atoms with Gasteiger partial charge in [-0.15, -0.1) is 0 Å². The molecule has 1 heterocycles. The SMILES string of the molecule is Nc1nc(Cl)ccc1/C=N/O. The van der Waals surface area contributed by atoms with E-state index in [9.17, 15) is 0 Å². The van der Waals surface area contributed by atoms with Gasteiger partial charge in [0.1, 0.15) is 11.0 Å². The number of nitrogens with two attached hydrogens (primary N) is 1. The minimum absolute atomic E-state index is 0.246. The smallest absolute Gasteiger partial charge is 0.134 e. The van der Waals surface area contributed by atoms with Gasteiger partial charge in [-0.05, 0) is 12.1 Å². The van der Waals surface area contributed by atoms with Crippen LogP contribution in [0.3, 0.4) is 0 Å². The van der Waals surface area contributed by atoms with Crippen LogP contribution in [0.25, 0.3) is 0 Å². The van der Waals surface area contributed by atoms with Gasteiger partial charge in [0, 0.05) is 5.56 Å².